The molecule has 1 aromatic heterocycles. The highest BCUT2D eigenvalue weighted by atomic mass is 79.9. The normalized spacial score (nSPS) is 10.4. The van der Waals surface area contributed by atoms with Crippen LogP contribution in [0.25, 0.3) is 11.1 Å². The van der Waals surface area contributed by atoms with Crippen molar-refractivity contribution in [3.8, 4) is 11.1 Å². The van der Waals surface area contributed by atoms with Crippen molar-refractivity contribution in [1.29, 1.82) is 0 Å². The van der Waals surface area contributed by atoms with Gasteiger partial charge in [0.2, 0.25) is 0 Å². The van der Waals surface area contributed by atoms with Crippen LogP contribution >= 0.6 is 27.5 Å². The van der Waals surface area contributed by atoms with Crippen molar-refractivity contribution in [3.05, 3.63) is 53.1 Å². The summed E-state index contributed by atoms with van der Waals surface area (Å²) in [5, 5.41) is 1.02. The summed E-state index contributed by atoms with van der Waals surface area (Å²) < 4.78 is 13.6. The number of hydrogen-bond acceptors (Lipinski definition) is 1. The molecule has 0 aliphatic rings. The largest absolute Gasteiger partial charge is 0.244 e. The van der Waals surface area contributed by atoms with Gasteiger partial charge in [-0.05, 0) is 17.7 Å². The van der Waals surface area contributed by atoms with E-state index < -0.39 is 0 Å². The third-order valence-corrected chi connectivity index (χ3v) is 3.08. The van der Waals surface area contributed by atoms with Crippen LogP contribution in [0, 0.1) is 5.82 Å². The zero-order valence-electron chi connectivity index (χ0n) is 8.25. The Morgan fingerprint density at radius 2 is 2.00 bits per heavy atom. The third kappa shape index (κ3) is 2.25. The Morgan fingerprint density at radius 1 is 1.25 bits per heavy atom. The van der Waals surface area contributed by atoms with E-state index in [0.29, 0.717) is 16.0 Å². The van der Waals surface area contributed by atoms with Gasteiger partial charge in [-0.3, -0.25) is 0 Å². The highest BCUT2D eigenvalue weighted by Gasteiger charge is 2.09. The van der Waals surface area contributed by atoms with Gasteiger partial charge in [0.05, 0.1) is 0 Å². The van der Waals surface area contributed by atoms with E-state index in [1.807, 2.05) is 0 Å². The molecule has 0 N–H and O–H groups in total. The maximum absolute atomic E-state index is 13.6. The molecule has 0 radical (unpaired) electrons. The number of pyridine rings is 1. The molecule has 0 aliphatic carbocycles. The highest BCUT2D eigenvalue weighted by Crippen LogP contribution is 2.28. The smallest absolute Gasteiger partial charge is 0.131 e. The SMILES string of the molecule is Fc1ccccc1-c1cnc(Cl)cc1CBr. The summed E-state index contributed by atoms with van der Waals surface area (Å²) in [6.07, 6.45) is 1.59. The van der Waals surface area contributed by atoms with E-state index in [9.17, 15) is 4.39 Å². The predicted octanol–water partition coefficient (Wildman–Crippen LogP) is 4.44. The van der Waals surface area contributed by atoms with Gasteiger partial charge in [0.1, 0.15) is 11.0 Å². The average Bonchev–Trinajstić information content (AvgIpc) is 2.30. The first-order chi connectivity index (χ1) is 7.72. The monoisotopic (exact) mass is 299 g/mol. The number of halogens is 3. The maximum atomic E-state index is 13.6. The van der Waals surface area contributed by atoms with E-state index in [1.165, 1.54) is 6.07 Å². The number of benzene rings is 1. The molecule has 82 valence electrons. The van der Waals surface area contributed by atoms with Crippen molar-refractivity contribution >= 4 is 27.5 Å². The molecule has 0 saturated heterocycles. The first-order valence-electron chi connectivity index (χ1n) is 4.67. The van der Waals surface area contributed by atoms with Crippen LogP contribution in [0.1, 0.15) is 5.56 Å². The summed E-state index contributed by atoms with van der Waals surface area (Å²) in [5.41, 5.74) is 2.23. The van der Waals surface area contributed by atoms with Crippen molar-refractivity contribution < 1.29 is 4.39 Å². The predicted molar refractivity (Wildman–Crippen MR) is 67.3 cm³/mol. The van der Waals surface area contributed by atoms with Gasteiger partial charge in [0.15, 0.2) is 0 Å². The Bertz CT molecular complexity index is 516. The van der Waals surface area contributed by atoms with E-state index in [4.69, 9.17) is 11.6 Å². The number of nitrogens with zero attached hydrogens (tertiary/aromatic N) is 1. The molecule has 1 heterocycles. The van der Waals surface area contributed by atoms with Crippen molar-refractivity contribution in [2.24, 2.45) is 0 Å². The van der Waals surface area contributed by atoms with Crippen LogP contribution in [0.15, 0.2) is 36.5 Å². The Kier molecular flexibility index (Phi) is 3.56. The van der Waals surface area contributed by atoms with E-state index in [1.54, 1.807) is 30.5 Å². The van der Waals surface area contributed by atoms with Gasteiger partial charge in [-0.15, -0.1) is 0 Å². The molecule has 0 fully saturated rings. The second-order valence-electron chi connectivity index (χ2n) is 3.28. The molecule has 0 atom stereocenters. The molecule has 16 heavy (non-hydrogen) atoms. The van der Waals surface area contributed by atoms with Gasteiger partial charge in [0, 0.05) is 22.7 Å². The Labute approximate surface area is 106 Å². The molecule has 0 unspecified atom stereocenters. The number of hydrogen-bond donors (Lipinski definition) is 0. The molecular weight excluding hydrogens is 292 g/mol. The number of rotatable bonds is 2. The Morgan fingerprint density at radius 3 is 2.69 bits per heavy atom. The van der Waals surface area contributed by atoms with Gasteiger partial charge >= 0.3 is 0 Å². The van der Waals surface area contributed by atoms with Crippen molar-refractivity contribution in [2.75, 3.05) is 0 Å². The van der Waals surface area contributed by atoms with Crippen LogP contribution < -0.4 is 0 Å². The lowest BCUT2D eigenvalue weighted by Crippen LogP contribution is -1.91. The zero-order valence-corrected chi connectivity index (χ0v) is 10.6. The molecule has 0 amide bonds. The minimum atomic E-state index is -0.256. The van der Waals surface area contributed by atoms with Crippen molar-refractivity contribution in [3.63, 3.8) is 0 Å². The average molecular weight is 301 g/mol. The maximum Gasteiger partial charge on any atom is 0.131 e. The lowest BCUT2D eigenvalue weighted by atomic mass is 10.0. The minimum absolute atomic E-state index is 0.256. The molecule has 4 heteroatoms. The van der Waals surface area contributed by atoms with Gasteiger partial charge in [-0.2, -0.15) is 0 Å². The Balaban J connectivity index is 2.60. The summed E-state index contributed by atoms with van der Waals surface area (Å²) in [5.74, 6) is -0.256. The fourth-order valence-corrected chi connectivity index (χ4v) is 2.15. The molecular formula is C12H8BrClFN. The van der Waals surface area contributed by atoms with E-state index in [-0.39, 0.29) is 5.82 Å². The molecule has 0 saturated carbocycles. The zero-order chi connectivity index (χ0) is 11.5. The molecule has 0 spiro atoms. The van der Waals surface area contributed by atoms with Gasteiger partial charge in [-0.1, -0.05) is 45.7 Å². The standard InChI is InChI=1S/C12H8BrClFN/c13-6-8-5-12(14)16-7-10(8)9-3-1-2-4-11(9)15/h1-5,7H,6H2. The summed E-state index contributed by atoms with van der Waals surface area (Å²) in [6, 6.07) is 8.35. The van der Waals surface area contributed by atoms with Crippen molar-refractivity contribution in [2.45, 2.75) is 5.33 Å². The van der Waals surface area contributed by atoms with E-state index in [0.717, 1.165) is 11.1 Å². The second-order valence-corrected chi connectivity index (χ2v) is 4.23. The first kappa shape index (κ1) is 11.6. The Hall–Kier alpha value is -0.930. The van der Waals surface area contributed by atoms with Crippen LogP contribution in [0.2, 0.25) is 5.15 Å². The summed E-state index contributed by atoms with van der Waals surface area (Å²) in [4.78, 5) is 3.98. The molecule has 2 rings (SSSR count). The second kappa shape index (κ2) is 4.93. The minimum Gasteiger partial charge on any atom is -0.244 e. The molecule has 1 nitrogen and oxygen atoms in total. The summed E-state index contributed by atoms with van der Waals surface area (Å²) in [7, 11) is 0. The number of alkyl halides is 1. The van der Waals surface area contributed by atoms with Gasteiger partial charge in [0.25, 0.3) is 0 Å². The van der Waals surface area contributed by atoms with Crippen LogP contribution in [-0.2, 0) is 5.33 Å². The van der Waals surface area contributed by atoms with Crippen LogP contribution in [0.4, 0.5) is 4.39 Å². The number of aromatic nitrogens is 1. The van der Waals surface area contributed by atoms with Crippen LogP contribution in [0.5, 0.6) is 0 Å². The summed E-state index contributed by atoms with van der Waals surface area (Å²) >= 11 is 9.15. The third-order valence-electron chi connectivity index (χ3n) is 2.26. The first-order valence-corrected chi connectivity index (χ1v) is 6.17. The van der Waals surface area contributed by atoms with E-state index in [2.05, 4.69) is 20.9 Å². The molecule has 1 aromatic carbocycles. The summed E-state index contributed by atoms with van der Waals surface area (Å²) in [6.45, 7) is 0. The van der Waals surface area contributed by atoms with E-state index >= 15 is 0 Å². The lowest BCUT2D eigenvalue weighted by molar-refractivity contribution is 0.631. The lowest BCUT2D eigenvalue weighted by Gasteiger charge is -2.08. The van der Waals surface area contributed by atoms with Crippen molar-refractivity contribution in [1.82, 2.24) is 4.98 Å². The highest BCUT2D eigenvalue weighted by molar-refractivity contribution is 9.08. The molecule has 0 aliphatic heterocycles. The fourth-order valence-electron chi connectivity index (χ4n) is 1.50. The molecule has 0 bridgehead atoms. The van der Waals surface area contributed by atoms with Crippen LogP contribution in [0.3, 0.4) is 0 Å². The quantitative estimate of drug-likeness (QED) is 0.590. The topological polar surface area (TPSA) is 12.9 Å². The molecule has 2 aromatic rings. The fraction of sp³-hybridized carbons (Fsp3) is 0.0833. The van der Waals surface area contributed by atoms with Gasteiger partial charge < -0.3 is 0 Å². The van der Waals surface area contributed by atoms with Crippen LogP contribution in [-0.4, -0.2) is 4.98 Å². The van der Waals surface area contributed by atoms with Gasteiger partial charge in [-0.25, -0.2) is 9.37 Å².